The summed E-state index contributed by atoms with van der Waals surface area (Å²) in [6, 6.07) is 7.79. The summed E-state index contributed by atoms with van der Waals surface area (Å²) in [4.78, 5) is 42.1. The van der Waals surface area contributed by atoms with Crippen molar-refractivity contribution in [3.8, 4) is 0 Å². The maximum absolute atomic E-state index is 13.2. The van der Waals surface area contributed by atoms with Gasteiger partial charge in [0.1, 0.15) is 6.04 Å². The normalized spacial score (nSPS) is 16.9. The van der Waals surface area contributed by atoms with Crippen molar-refractivity contribution in [3.05, 3.63) is 64.2 Å². The van der Waals surface area contributed by atoms with E-state index in [0.717, 1.165) is 28.8 Å². The maximum atomic E-state index is 13.2. The first-order chi connectivity index (χ1) is 17.5. The number of hydrogen-bond donors (Lipinski definition) is 3. The van der Waals surface area contributed by atoms with Gasteiger partial charge in [-0.1, -0.05) is 23.8 Å². The number of benzene rings is 2. The highest BCUT2D eigenvalue weighted by molar-refractivity contribution is 5.98. The van der Waals surface area contributed by atoms with Gasteiger partial charge in [-0.05, 0) is 63.9 Å². The fourth-order valence-corrected chi connectivity index (χ4v) is 4.33. The third kappa shape index (κ3) is 7.25. The van der Waals surface area contributed by atoms with E-state index in [-0.39, 0.29) is 23.7 Å². The van der Waals surface area contributed by atoms with E-state index in [9.17, 15) is 27.6 Å². The van der Waals surface area contributed by atoms with E-state index < -0.39 is 41.7 Å². The highest BCUT2D eigenvalue weighted by Crippen LogP contribution is 2.31. The summed E-state index contributed by atoms with van der Waals surface area (Å²) in [7, 11) is 0. The minimum Gasteiger partial charge on any atom is -0.399 e. The highest BCUT2D eigenvalue weighted by atomic mass is 19.4. The molecule has 2 aromatic rings. The van der Waals surface area contributed by atoms with Crippen molar-refractivity contribution in [3.63, 3.8) is 0 Å². The van der Waals surface area contributed by atoms with Crippen LogP contribution in [0.1, 0.15) is 53.4 Å². The summed E-state index contributed by atoms with van der Waals surface area (Å²) in [5, 5.41) is 4.97. The maximum Gasteiger partial charge on any atom is 0.416 e. The van der Waals surface area contributed by atoms with Crippen LogP contribution in [0.25, 0.3) is 0 Å². The molecule has 0 unspecified atom stereocenters. The number of anilines is 1. The number of nitrogens with two attached hydrogens (primary N) is 1. The zero-order chi connectivity index (χ0) is 28.4. The Morgan fingerprint density at radius 3 is 2.37 bits per heavy atom. The lowest BCUT2D eigenvalue weighted by atomic mass is 10.0. The molecule has 1 fully saturated rings. The van der Waals surface area contributed by atoms with Crippen molar-refractivity contribution < 1.29 is 27.6 Å². The van der Waals surface area contributed by atoms with Crippen molar-refractivity contribution in [1.29, 1.82) is 0 Å². The van der Waals surface area contributed by atoms with Gasteiger partial charge in [0.25, 0.3) is 5.91 Å². The van der Waals surface area contributed by atoms with E-state index in [4.69, 9.17) is 5.73 Å². The van der Waals surface area contributed by atoms with Gasteiger partial charge in [-0.2, -0.15) is 13.2 Å². The van der Waals surface area contributed by atoms with Crippen molar-refractivity contribution in [2.24, 2.45) is 0 Å². The number of nitrogen functional groups attached to an aromatic ring is 1. The molecule has 3 rings (SSSR count). The molecule has 0 saturated carbocycles. The molecule has 4 N–H and O–H groups in total. The Balaban J connectivity index is 1.69. The number of nitrogens with one attached hydrogen (secondary N) is 2. The lowest BCUT2D eigenvalue weighted by Gasteiger charge is -2.46. The van der Waals surface area contributed by atoms with Crippen LogP contribution in [0.15, 0.2) is 36.4 Å². The quantitative estimate of drug-likeness (QED) is 0.495. The Morgan fingerprint density at radius 2 is 1.76 bits per heavy atom. The summed E-state index contributed by atoms with van der Waals surface area (Å²) >= 11 is 0. The second kappa shape index (κ2) is 11.0. The SMILES string of the molecule is Cc1ccc(CN2C[C@H](NC(=O)CNC(=O)c3cc(N)cc(C(F)(F)F)c3)C(=O)N(C(C)(C)C)C2)c(C)c1. The molecule has 1 aliphatic heterocycles. The Hall–Kier alpha value is -3.60. The number of amides is 3. The third-order valence-corrected chi connectivity index (χ3v) is 6.34. The van der Waals surface area contributed by atoms with Gasteiger partial charge in [0, 0.05) is 29.9 Å². The van der Waals surface area contributed by atoms with E-state index in [1.165, 1.54) is 0 Å². The number of hydrogen-bond acceptors (Lipinski definition) is 5. The Morgan fingerprint density at radius 1 is 1.08 bits per heavy atom. The van der Waals surface area contributed by atoms with Gasteiger partial charge in [-0.3, -0.25) is 19.3 Å². The molecule has 38 heavy (non-hydrogen) atoms. The van der Waals surface area contributed by atoms with Crippen molar-refractivity contribution in [1.82, 2.24) is 20.4 Å². The van der Waals surface area contributed by atoms with Gasteiger partial charge in [-0.25, -0.2) is 0 Å². The summed E-state index contributed by atoms with van der Waals surface area (Å²) in [6.07, 6.45) is -4.68. The molecule has 0 aromatic heterocycles. The monoisotopic (exact) mass is 533 g/mol. The van der Waals surface area contributed by atoms with E-state index in [2.05, 4.69) is 21.6 Å². The van der Waals surface area contributed by atoms with E-state index in [1.54, 1.807) is 4.90 Å². The highest BCUT2D eigenvalue weighted by Gasteiger charge is 2.39. The first-order valence-corrected chi connectivity index (χ1v) is 12.2. The fraction of sp³-hybridized carbons (Fsp3) is 0.444. The molecule has 206 valence electrons. The Labute approximate surface area is 220 Å². The van der Waals surface area contributed by atoms with Crippen LogP contribution in [-0.4, -0.2) is 58.9 Å². The Kier molecular flexibility index (Phi) is 8.40. The van der Waals surface area contributed by atoms with Gasteiger partial charge in [0.2, 0.25) is 11.8 Å². The number of halogens is 3. The van der Waals surface area contributed by atoms with Crippen LogP contribution >= 0.6 is 0 Å². The molecular formula is C27H34F3N5O3. The molecule has 3 amide bonds. The molecule has 8 nitrogen and oxygen atoms in total. The van der Waals surface area contributed by atoms with Crippen LogP contribution < -0.4 is 16.4 Å². The van der Waals surface area contributed by atoms with Crippen molar-refractivity contribution in [2.75, 3.05) is 25.5 Å². The van der Waals surface area contributed by atoms with Crippen molar-refractivity contribution in [2.45, 2.75) is 58.9 Å². The molecule has 1 aliphatic rings. The van der Waals surface area contributed by atoms with E-state index in [1.807, 2.05) is 46.8 Å². The third-order valence-electron chi connectivity index (χ3n) is 6.34. The summed E-state index contributed by atoms with van der Waals surface area (Å²) in [5.74, 6) is -1.78. The molecule has 1 heterocycles. The van der Waals surface area contributed by atoms with Crippen LogP contribution in [-0.2, 0) is 22.3 Å². The standard InChI is InChI=1S/C27H34F3N5O3/c1-16-6-7-18(17(2)8-16)13-34-14-22(25(38)35(15-34)26(3,4)5)33-23(36)12-32-24(37)19-9-20(27(28,29)30)11-21(31)10-19/h6-11,22H,12-15,31H2,1-5H3,(H,32,37)(H,33,36)/t22-/m0/s1. The number of alkyl halides is 3. The molecule has 1 atom stereocenters. The fourth-order valence-electron chi connectivity index (χ4n) is 4.33. The molecule has 0 bridgehead atoms. The van der Waals surface area contributed by atoms with E-state index in [0.29, 0.717) is 19.3 Å². The minimum atomic E-state index is -4.68. The van der Waals surface area contributed by atoms with Gasteiger partial charge < -0.3 is 21.3 Å². The second-order valence-electron chi connectivity index (χ2n) is 10.7. The van der Waals surface area contributed by atoms with Crippen LogP contribution in [0.5, 0.6) is 0 Å². The predicted octanol–water partition coefficient (Wildman–Crippen LogP) is 3.22. The first-order valence-electron chi connectivity index (χ1n) is 12.2. The first kappa shape index (κ1) is 29.0. The summed E-state index contributed by atoms with van der Waals surface area (Å²) in [6.45, 7) is 10.5. The summed E-state index contributed by atoms with van der Waals surface area (Å²) < 4.78 is 39.2. The smallest absolute Gasteiger partial charge is 0.399 e. The largest absolute Gasteiger partial charge is 0.416 e. The average Bonchev–Trinajstić information content (AvgIpc) is 2.79. The number of carbonyl (C=O) groups is 3. The zero-order valence-corrected chi connectivity index (χ0v) is 22.2. The molecule has 0 aliphatic carbocycles. The van der Waals surface area contributed by atoms with Gasteiger partial charge in [0.05, 0.1) is 18.8 Å². The minimum absolute atomic E-state index is 0.228. The van der Waals surface area contributed by atoms with Gasteiger partial charge in [-0.15, -0.1) is 0 Å². The molecular weight excluding hydrogens is 499 g/mol. The molecule has 1 saturated heterocycles. The van der Waals surface area contributed by atoms with Gasteiger partial charge >= 0.3 is 6.18 Å². The van der Waals surface area contributed by atoms with Crippen LogP contribution in [0.3, 0.4) is 0 Å². The van der Waals surface area contributed by atoms with Crippen LogP contribution in [0.2, 0.25) is 0 Å². The van der Waals surface area contributed by atoms with Crippen LogP contribution in [0, 0.1) is 13.8 Å². The predicted molar refractivity (Wildman–Crippen MR) is 138 cm³/mol. The van der Waals surface area contributed by atoms with Gasteiger partial charge in [0.15, 0.2) is 0 Å². The number of carbonyl (C=O) groups excluding carboxylic acids is 3. The van der Waals surface area contributed by atoms with Crippen LogP contribution in [0.4, 0.5) is 18.9 Å². The number of nitrogens with zero attached hydrogens (tertiary/aromatic N) is 2. The topological polar surface area (TPSA) is 108 Å². The molecule has 0 spiro atoms. The van der Waals surface area contributed by atoms with E-state index >= 15 is 0 Å². The lowest BCUT2D eigenvalue weighted by molar-refractivity contribution is -0.150. The Bertz CT molecular complexity index is 1220. The number of rotatable bonds is 6. The lowest BCUT2D eigenvalue weighted by Crippen LogP contribution is -2.65. The number of aryl methyl sites for hydroxylation is 2. The summed E-state index contributed by atoms with van der Waals surface area (Å²) in [5.41, 5.74) is 6.79. The molecule has 2 aromatic carbocycles. The second-order valence-corrected chi connectivity index (χ2v) is 10.7. The molecule has 11 heteroatoms. The average molecular weight is 534 g/mol. The zero-order valence-electron chi connectivity index (χ0n) is 22.2. The molecule has 0 radical (unpaired) electrons. The van der Waals surface area contributed by atoms with Crippen molar-refractivity contribution >= 4 is 23.4 Å².